The first-order valence-electron chi connectivity index (χ1n) is 8.23. The Labute approximate surface area is 154 Å². The second-order valence-electron chi connectivity index (χ2n) is 5.95. The molecule has 0 radical (unpaired) electrons. The quantitative estimate of drug-likeness (QED) is 0.554. The van der Waals surface area contributed by atoms with Crippen molar-refractivity contribution in [3.05, 3.63) is 77.8 Å². The van der Waals surface area contributed by atoms with Gasteiger partial charge in [-0.2, -0.15) is 0 Å². The second kappa shape index (κ2) is 6.92. The average molecular weight is 363 g/mol. The molecule has 4 rings (SSSR count). The summed E-state index contributed by atoms with van der Waals surface area (Å²) in [5.41, 5.74) is 1.64. The fraction of sp³-hybridized carbons (Fsp3) is 0.0476. The van der Waals surface area contributed by atoms with Crippen LogP contribution in [-0.4, -0.2) is 18.3 Å². The van der Waals surface area contributed by atoms with Gasteiger partial charge >= 0.3 is 0 Å². The van der Waals surface area contributed by atoms with Crippen molar-refractivity contribution in [3.8, 4) is 17.1 Å². The molecule has 5 nitrogen and oxygen atoms in total. The van der Waals surface area contributed by atoms with Gasteiger partial charge in [-0.15, -0.1) is 0 Å². The summed E-state index contributed by atoms with van der Waals surface area (Å²) in [6, 6.07) is 14.3. The Morgan fingerprint density at radius 1 is 1.07 bits per heavy atom. The number of carbonyl (C=O) groups excluding carboxylic acids is 2. The maximum atomic E-state index is 13.0. The topological polar surface area (TPSA) is 68.5 Å². The third-order valence-corrected chi connectivity index (χ3v) is 4.05. The number of benzene rings is 2. The summed E-state index contributed by atoms with van der Waals surface area (Å²) in [5.74, 6) is 0.796. The summed E-state index contributed by atoms with van der Waals surface area (Å²) >= 11 is 0. The van der Waals surface area contributed by atoms with Crippen LogP contribution in [0.1, 0.15) is 16.1 Å². The van der Waals surface area contributed by atoms with Crippen LogP contribution in [0.15, 0.2) is 65.1 Å². The summed E-state index contributed by atoms with van der Waals surface area (Å²) in [6.07, 6.45) is 2.95. The first-order valence-corrected chi connectivity index (χ1v) is 8.23. The Kier molecular flexibility index (Phi) is 4.30. The van der Waals surface area contributed by atoms with Crippen LogP contribution in [0.5, 0.6) is 5.75 Å². The van der Waals surface area contributed by atoms with E-state index in [-0.39, 0.29) is 24.1 Å². The molecule has 1 amide bonds. The minimum absolute atomic E-state index is 0.0327. The lowest BCUT2D eigenvalue weighted by atomic mass is 10.1. The predicted octanol–water partition coefficient (Wildman–Crippen LogP) is 4.31. The van der Waals surface area contributed by atoms with Crippen molar-refractivity contribution in [2.75, 3.05) is 11.9 Å². The third kappa shape index (κ3) is 3.64. The van der Waals surface area contributed by atoms with E-state index in [1.165, 1.54) is 18.2 Å². The van der Waals surface area contributed by atoms with E-state index in [1.807, 2.05) is 0 Å². The van der Waals surface area contributed by atoms with E-state index in [4.69, 9.17) is 9.15 Å². The number of hydrogen-bond donors (Lipinski definition) is 1. The number of rotatable bonds is 4. The lowest BCUT2D eigenvalue weighted by Gasteiger charge is -2.17. The molecule has 6 heteroatoms. The van der Waals surface area contributed by atoms with Gasteiger partial charge in [-0.05, 0) is 66.7 Å². The van der Waals surface area contributed by atoms with Crippen molar-refractivity contribution >= 4 is 23.5 Å². The van der Waals surface area contributed by atoms with Crippen molar-refractivity contribution in [1.29, 1.82) is 0 Å². The molecule has 3 aromatic rings. The van der Waals surface area contributed by atoms with Gasteiger partial charge in [0.1, 0.15) is 23.1 Å². The van der Waals surface area contributed by atoms with Gasteiger partial charge in [0.15, 0.2) is 12.4 Å². The van der Waals surface area contributed by atoms with E-state index < -0.39 is 0 Å². The molecule has 1 aliphatic heterocycles. The summed E-state index contributed by atoms with van der Waals surface area (Å²) in [6.45, 7) is -0.0327. The van der Waals surface area contributed by atoms with Gasteiger partial charge < -0.3 is 14.5 Å². The van der Waals surface area contributed by atoms with E-state index >= 15 is 0 Å². The number of halogens is 1. The number of amides is 1. The Bertz CT molecular complexity index is 1050. The molecule has 1 aromatic heterocycles. The fourth-order valence-corrected chi connectivity index (χ4v) is 2.70. The molecule has 134 valence electrons. The first kappa shape index (κ1) is 16.8. The highest BCUT2D eigenvalue weighted by Gasteiger charge is 2.17. The monoisotopic (exact) mass is 363 g/mol. The Balaban J connectivity index is 1.50. The van der Waals surface area contributed by atoms with Gasteiger partial charge in [-0.25, -0.2) is 4.39 Å². The standard InChI is InChI=1S/C21H14FNO4/c22-15-4-1-13(2-5-15)19-10-7-16(27-19)6-8-18(24)14-3-9-20-17(11-14)23-21(25)12-26-20/h1-11H,12H2,(H,23,25)/b8-6+. The minimum atomic E-state index is -0.317. The van der Waals surface area contributed by atoms with Crippen LogP contribution in [0, 0.1) is 5.82 Å². The van der Waals surface area contributed by atoms with Gasteiger partial charge in [0.25, 0.3) is 5.91 Å². The van der Waals surface area contributed by atoms with Crippen LogP contribution in [0.3, 0.4) is 0 Å². The highest BCUT2D eigenvalue weighted by Crippen LogP contribution is 2.29. The Morgan fingerprint density at radius 2 is 1.89 bits per heavy atom. The molecule has 2 aromatic carbocycles. The van der Waals surface area contributed by atoms with Gasteiger partial charge in [0.2, 0.25) is 0 Å². The van der Waals surface area contributed by atoms with Crippen molar-refractivity contribution in [2.24, 2.45) is 0 Å². The molecule has 1 N–H and O–H groups in total. The van der Waals surface area contributed by atoms with Crippen LogP contribution in [0.25, 0.3) is 17.4 Å². The molecule has 27 heavy (non-hydrogen) atoms. The van der Waals surface area contributed by atoms with Crippen molar-refractivity contribution < 1.29 is 23.1 Å². The van der Waals surface area contributed by atoms with Crippen LogP contribution < -0.4 is 10.1 Å². The average Bonchev–Trinajstić information content (AvgIpc) is 3.15. The van der Waals surface area contributed by atoms with E-state index in [1.54, 1.807) is 48.5 Å². The van der Waals surface area contributed by atoms with Crippen LogP contribution in [-0.2, 0) is 4.79 Å². The highest BCUT2D eigenvalue weighted by atomic mass is 19.1. The zero-order valence-electron chi connectivity index (χ0n) is 14.1. The molecule has 1 aliphatic rings. The molecular formula is C21H14FNO4. The SMILES string of the molecule is O=C1COc2ccc(C(=O)/C=C/c3ccc(-c4ccc(F)cc4)o3)cc2N1. The smallest absolute Gasteiger partial charge is 0.262 e. The molecule has 0 bridgehead atoms. The number of hydrogen-bond acceptors (Lipinski definition) is 4. The lowest BCUT2D eigenvalue weighted by molar-refractivity contribution is -0.118. The number of furan rings is 1. The zero-order chi connectivity index (χ0) is 18.8. The number of ketones is 1. The summed E-state index contributed by atoms with van der Waals surface area (Å²) < 4.78 is 23.9. The summed E-state index contributed by atoms with van der Waals surface area (Å²) in [5, 5.41) is 2.67. The second-order valence-corrected chi connectivity index (χ2v) is 5.95. The summed E-state index contributed by atoms with van der Waals surface area (Å²) in [4.78, 5) is 23.8. The molecule has 0 fully saturated rings. The molecule has 0 atom stereocenters. The fourth-order valence-electron chi connectivity index (χ4n) is 2.70. The van der Waals surface area contributed by atoms with Crippen molar-refractivity contribution in [3.63, 3.8) is 0 Å². The molecular weight excluding hydrogens is 349 g/mol. The number of carbonyl (C=O) groups is 2. The largest absolute Gasteiger partial charge is 0.482 e. The zero-order valence-corrected chi connectivity index (χ0v) is 14.1. The molecule has 2 heterocycles. The van der Waals surface area contributed by atoms with Gasteiger partial charge in [-0.3, -0.25) is 9.59 Å². The first-order chi connectivity index (χ1) is 13.1. The minimum Gasteiger partial charge on any atom is -0.482 e. The van der Waals surface area contributed by atoms with Crippen molar-refractivity contribution in [1.82, 2.24) is 0 Å². The van der Waals surface area contributed by atoms with E-state index in [2.05, 4.69) is 5.32 Å². The van der Waals surface area contributed by atoms with Gasteiger partial charge in [0, 0.05) is 11.1 Å². The lowest BCUT2D eigenvalue weighted by Crippen LogP contribution is -2.25. The van der Waals surface area contributed by atoms with Crippen LogP contribution in [0.2, 0.25) is 0 Å². The van der Waals surface area contributed by atoms with Gasteiger partial charge in [-0.1, -0.05) is 0 Å². The third-order valence-electron chi connectivity index (χ3n) is 4.05. The number of fused-ring (bicyclic) bond motifs is 1. The van der Waals surface area contributed by atoms with E-state index in [0.717, 1.165) is 5.56 Å². The van der Waals surface area contributed by atoms with Crippen molar-refractivity contribution in [2.45, 2.75) is 0 Å². The number of nitrogens with one attached hydrogen (secondary N) is 1. The van der Waals surface area contributed by atoms with Crippen LogP contribution >= 0.6 is 0 Å². The molecule has 0 spiro atoms. The van der Waals surface area contributed by atoms with Gasteiger partial charge in [0.05, 0.1) is 5.69 Å². The number of allylic oxidation sites excluding steroid dienone is 1. The summed E-state index contributed by atoms with van der Waals surface area (Å²) in [7, 11) is 0. The van der Waals surface area contributed by atoms with Crippen LogP contribution in [0.4, 0.5) is 10.1 Å². The number of ether oxygens (including phenoxy) is 1. The van der Waals surface area contributed by atoms with E-state index in [0.29, 0.717) is 28.5 Å². The maximum Gasteiger partial charge on any atom is 0.262 e. The number of anilines is 1. The highest BCUT2D eigenvalue weighted by molar-refractivity contribution is 6.08. The molecule has 0 aliphatic carbocycles. The maximum absolute atomic E-state index is 13.0. The molecule has 0 unspecified atom stereocenters. The predicted molar refractivity (Wildman–Crippen MR) is 98.0 cm³/mol. The normalized spacial score (nSPS) is 13.1. The Morgan fingerprint density at radius 3 is 2.70 bits per heavy atom. The Hall–Kier alpha value is -3.67. The van der Waals surface area contributed by atoms with E-state index in [9.17, 15) is 14.0 Å². The molecule has 0 saturated heterocycles. The molecule has 0 saturated carbocycles.